The molecule has 0 atom stereocenters. The minimum absolute atomic E-state index is 0.0162. The molecule has 0 spiro atoms. The van der Waals surface area contributed by atoms with Crippen LogP contribution in [0.3, 0.4) is 0 Å². The Labute approximate surface area is 90.1 Å². The Bertz CT molecular complexity index is 310. The summed E-state index contributed by atoms with van der Waals surface area (Å²) in [5, 5.41) is 0. The zero-order valence-electron chi connectivity index (χ0n) is 8.82. The van der Waals surface area contributed by atoms with Crippen molar-refractivity contribution in [3.8, 4) is 0 Å². The van der Waals surface area contributed by atoms with Gasteiger partial charge in [-0.05, 0) is 30.9 Å². The highest BCUT2D eigenvalue weighted by atomic mass is 16.3. The minimum atomic E-state index is 0.0162. The molecule has 0 unspecified atom stereocenters. The molecule has 3 nitrogen and oxygen atoms in total. The van der Waals surface area contributed by atoms with Gasteiger partial charge < -0.3 is 9.32 Å². The lowest BCUT2D eigenvalue weighted by molar-refractivity contribution is 0.0659. The minimum Gasteiger partial charge on any atom is -0.459 e. The van der Waals surface area contributed by atoms with Crippen LogP contribution in [0.5, 0.6) is 0 Å². The van der Waals surface area contributed by atoms with Crippen LogP contribution in [0.25, 0.3) is 0 Å². The van der Waals surface area contributed by atoms with Gasteiger partial charge in [-0.25, -0.2) is 0 Å². The van der Waals surface area contributed by atoms with Crippen molar-refractivity contribution in [3.05, 3.63) is 31.1 Å². The smallest absolute Gasteiger partial charge is 0.289 e. The Morgan fingerprint density at radius 2 is 2.27 bits per heavy atom. The van der Waals surface area contributed by atoms with Crippen molar-refractivity contribution in [1.29, 1.82) is 0 Å². The number of rotatable bonds is 2. The van der Waals surface area contributed by atoms with E-state index in [9.17, 15) is 4.79 Å². The highest BCUT2D eigenvalue weighted by Crippen LogP contribution is 2.21. The summed E-state index contributed by atoms with van der Waals surface area (Å²) in [7, 11) is 0. The molecule has 0 bridgehead atoms. The molecule has 1 aromatic rings. The van der Waals surface area contributed by atoms with Crippen molar-refractivity contribution >= 4 is 5.91 Å². The molecule has 1 aromatic heterocycles. The van der Waals surface area contributed by atoms with Crippen LogP contribution in [-0.2, 0) is 0 Å². The summed E-state index contributed by atoms with van der Waals surface area (Å²) in [4.78, 5) is 13.7. The Balaban J connectivity index is 1.93. The fourth-order valence-electron chi connectivity index (χ4n) is 1.98. The van der Waals surface area contributed by atoms with E-state index >= 15 is 0 Å². The zero-order valence-corrected chi connectivity index (χ0v) is 8.82. The largest absolute Gasteiger partial charge is 0.459 e. The lowest BCUT2D eigenvalue weighted by Gasteiger charge is -2.30. The van der Waals surface area contributed by atoms with E-state index in [0.717, 1.165) is 32.4 Å². The van der Waals surface area contributed by atoms with Gasteiger partial charge in [0.15, 0.2) is 5.76 Å². The molecule has 1 saturated heterocycles. The summed E-state index contributed by atoms with van der Waals surface area (Å²) in [5.41, 5.74) is 0. The van der Waals surface area contributed by atoms with Gasteiger partial charge in [0.1, 0.15) is 0 Å². The summed E-state index contributed by atoms with van der Waals surface area (Å²) in [6, 6.07) is 3.46. The van der Waals surface area contributed by atoms with Gasteiger partial charge in [0.25, 0.3) is 5.91 Å². The van der Waals surface area contributed by atoms with Crippen molar-refractivity contribution in [2.75, 3.05) is 13.1 Å². The fourth-order valence-corrected chi connectivity index (χ4v) is 1.98. The Morgan fingerprint density at radius 3 is 2.80 bits per heavy atom. The van der Waals surface area contributed by atoms with Crippen LogP contribution in [0.1, 0.15) is 29.8 Å². The fraction of sp³-hybridized carbons (Fsp3) is 0.500. The van der Waals surface area contributed by atoms with Crippen molar-refractivity contribution in [2.45, 2.75) is 19.3 Å². The van der Waals surface area contributed by atoms with Crippen LogP contribution in [0, 0.1) is 12.8 Å². The number of hydrogen-bond acceptors (Lipinski definition) is 2. The van der Waals surface area contributed by atoms with Crippen molar-refractivity contribution in [1.82, 2.24) is 4.90 Å². The van der Waals surface area contributed by atoms with Crippen LogP contribution in [0.4, 0.5) is 0 Å². The molecule has 15 heavy (non-hydrogen) atoms. The number of hydrogen-bond donors (Lipinski definition) is 0. The van der Waals surface area contributed by atoms with E-state index in [4.69, 9.17) is 4.42 Å². The molecule has 0 saturated carbocycles. The maximum absolute atomic E-state index is 11.9. The first-order valence-corrected chi connectivity index (χ1v) is 5.43. The molecule has 1 fully saturated rings. The van der Waals surface area contributed by atoms with Crippen LogP contribution >= 0.6 is 0 Å². The van der Waals surface area contributed by atoms with Gasteiger partial charge >= 0.3 is 0 Å². The molecule has 2 heterocycles. The Morgan fingerprint density at radius 1 is 1.53 bits per heavy atom. The average molecular weight is 206 g/mol. The predicted molar refractivity (Wildman–Crippen MR) is 57.3 cm³/mol. The second kappa shape index (κ2) is 4.51. The number of carbonyl (C=O) groups excluding carboxylic acids is 1. The third-order valence-corrected chi connectivity index (χ3v) is 3.04. The van der Waals surface area contributed by atoms with Gasteiger partial charge in [-0.1, -0.05) is 13.3 Å². The lowest BCUT2D eigenvalue weighted by Crippen LogP contribution is -2.38. The normalized spacial score (nSPS) is 18.1. The Hall–Kier alpha value is -1.25. The van der Waals surface area contributed by atoms with E-state index in [2.05, 4.69) is 6.92 Å². The van der Waals surface area contributed by atoms with E-state index in [-0.39, 0.29) is 5.91 Å². The molecule has 0 N–H and O–H groups in total. The highest BCUT2D eigenvalue weighted by Gasteiger charge is 2.23. The van der Waals surface area contributed by atoms with Gasteiger partial charge in [-0.15, -0.1) is 0 Å². The maximum Gasteiger partial charge on any atom is 0.289 e. The number of amides is 1. The van der Waals surface area contributed by atoms with Crippen molar-refractivity contribution < 1.29 is 9.21 Å². The summed E-state index contributed by atoms with van der Waals surface area (Å²) < 4.78 is 5.10. The average Bonchev–Trinajstić information content (AvgIpc) is 2.82. The molecular formula is C12H16NO2. The summed E-state index contributed by atoms with van der Waals surface area (Å²) in [6.07, 6.45) is 4.64. The first-order valence-electron chi connectivity index (χ1n) is 5.43. The number of piperidine rings is 1. The van der Waals surface area contributed by atoms with E-state index in [0.29, 0.717) is 11.7 Å². The third kappa shape index (κ3) is 2.22. The lowest BCUT2D eigenvalue weighted by atomic mass is 9.94. The van der Waals surface area contributed by atoms with E-state index in [1.807, 2.05) is 4.90 Å². The molecule has 1 aliphatic heterocycles. The molecule has 3 heteroatoms. The van der Waals surface area contributed by atoms with Gasteiger partial charge in [0, 0.05) is 13.1 Å². The third-order valence-electron chi connectivity index (χ3n) is 3.04. The molecule has 1 amide bonds. The van der Waals surface area contributed by atoms with E-state index in [1.54, 1.807) is 12.1 Å². The van der Waals surface area contributed by atoms with Gasteiger partial charge in [-0.2, -0.15) is 0 Å². The standard InChI is InChI=1S/C12H16NO2/c1-2-10-5-7-13(8-6-10)12(14)11-4-3-9-15-11/h3-4,9-10H,1-2,5-8H2. The predicted octanol–water partition coefficient (Wildman–Crippen LogP) is 2.36. The van der Waals surface area contributed by atoms with Crippen LogP contribution in [-0.4, -0.2) is 23.9 Å². The molecule has 2 rings (SSSR count). The van der Waals surface area contributed by atoms with Crippen LogP contribution in [0.15, 0.2) is 22.8 Å². The molecule has 0 aromatic carbocycles. The monoisotopic (exact) mass is 206 g/mol. The van der Waals surface area contributed by atoms with Crippen LogP contribution in [0.2, 0.25) is 0 Å². The maximum atomic E-state index is 11.9. The topological polar surface area (TPSA) is 33.5 Å². The zero-order chi connectivity index (χ0) is 10.7. The summed E-state index contributed by atoms with van der Waals surface area (Å²) >= 11 is 0. The first-order chi connectivity index (χ1) is 7.31. The van der Waals surface area contributed by atoms with Crippen LogP contribution < -0.4 is 0 Å². The van der Waals surface area contributed by atoms with Gasteiger partial charge in [0.2, 0.25) is 0 Å². The molecule has 81 valence electrons. The summed E-state index contributed by atoms with van der Waals surface area (Å²) in [6.45, 7) is 5.57. The first kappa shape index (κ1) is 10.3. The molecule has 0 aliphatic carbocycles. The quantitative estimate of drug-likeness (QED) is 0.744. The van der Waals surface area contributed by atoms with E-state index < -0.39 is 0 Å². The second-order valence-corrected chi connectivity index (χ2v) is 4.00. The van der Waals surface area contributed by atoms with Gasteiger partial charge in [0.05, 0.1) is 6.26 Å². The van der Waals surface area contributed by atoms with Crippen molar-refractivity contribution in [2.24, 2.45) is 5.92 Å². The summed E-state index contributed by atoms with van der Waals surface area (Å²) in [5.74, 6) is 1.15. The number of likely N-dealkylation sites (tertiary alicyclic amines) is 1. The molecule has 1 radical (unpaired) electrons. The molecular weight excluding hydrogens is 190 g/mol. The van der Waals surface area contributed by atoms with E-state index in [1.165, 1.54) is 6.26 Å². The Kier molecular flexibility index (Phi) is 3.09. The highest BCUT2D eigenvalue weighted by molar-refractivity contribution is 5.91. The SMILES string of the molecule is [CH2]CC1CCN(C(=O)c2ccco2)CC1. The number of furan rings is 1. The number of nitrogens with zero attached hydrogens (tertiary/aromatic N) is 1. The number of carbonyl (C=O) groups is 1. The molecule has 1 aliphatic rings. The van der Waals surface area contributed by atoms with Crippen molar-refractivity contribution in [3.63, 3.8) is 0 Å². The van der Waals surface area contributed by atoms with Gasteiger partial charge in [-0.3, -0.25) is 4.79 Å². The second-order valence-electron chi connectivity index (χ2n) is 4.00.